The molecule has 0 heterocycles. The van der Waals surface area contributed by atoms with Gasteiger partial charge in [0.25, 0.3) is 0 Å². The van der Waals surface area contributed by atoms with Crippen LogP contribution < -0.4 is 10.6 Å². The van der Waals surface area contributed by atoms with E-state index in [9.17, 15) is 4.39 Å². The first-order valence-electron chi connectivity index (χ1n) is 8.07. The van der Waals surface area contributed by atoms with Gasteiger partial charge in [0, 0.05) is 19.7 Å². The number of aliphatic hydroxyl groups excluding tert-OH is 1. The first-order valence-corrected chi connectivity index (χ1v) is 8.07. The van der Waals surface area contributed by atoms with Gasteiger partial charge in [-0.25, -0.2) is 9.38 Å². The fourth-order valence-electron chi connectivity index (χ4n) is 2.28. The maximum atomic E-state index is 12.9. The quantitative estimate of drug-likeness (QED) is 0.316. The summed E-state index contributed by atoms with van der Waals surface area (Å²) < 4.78 is 12.9. The number of nitrogens with zero attached hydrogens (tertiary/aromatic N) is 1. The van der Waals surface area contributed by atoms with Crippen LogP contribution in [0.5, 0.6) is 0 Å². The molecular formula is C17H29FIN3O. The van der Waals surface area contributed by atoms with Crippen molar-refractivity contribution < 1.29 is 9.50 Å². The number of rotatable bonds is 9. The van der Waals surface area contributed by atoms with E-state index in [2.05, 4.69) is 22.5 Å². The molecule has 0 aliphatic heterocycles. The molecule has 6 heteroatoms. The summed E-state index contributed by atoms with van der Waals surface area (Å²) in [4.78, 5) is 4.52. The average Bonchev–Trinajstić information content (AvgIpc) is 2.52. The molecule has 3 N–H and O–H groups in total. The highest BCUT2D eigenvalue weighted by molar-refractivity contribution is 14.0. The Morgan fingerprint density at radius 1 is 1.17 bits per heavy atom. The standard InChI is InChI=1S/C17H28FN3O.HI/c1-3-5-14(10-11-22)12-20-17(19-4-2)21-13-15-6-8-16(18)9-7-15;/h6-9,14,22H,3-5,10-13H2,1-2H3,(H2,19,20,21);1H. The Hall–Kier alpha value is -0.890. The van der Waals surface area contributed by atoms with Crippen LogP contribution >= 0.6 is 24.0 Å². The molecule has 0 aliphatic carbocycles. The number of guanidine groups is 1. The SMILES string of the molecule is CCCC(CCO)CNC(=NCc1ccc(F)cc1)NCC.I. The number of hydrogen-bond donors (Lipinski definition) is 3. The normalized spacial score (nSPS) is 12.4. The summed E-state index contributed by atoms with van der Waals surface area (Å²) in [7, 11) is 0. The van der Waals surface area contributed by atoms with Crippen molar-refractivity contribution in [1.82, 2.24) is 10.6 Å². The highest BCUT2D eigenvalue weighted by Crippen LogP contribution is 2.09. The van der Waals surface area contributed by atoms with Crippen LogP contribution in [0, 0.1) is 11.7 Å². The first-order chi connectivity index (χ1) is 10.7. The van der Waals surface area contributed by atoms with Gasteiger partial charge in [0.05, 0.1) is 6.54 Å². The van der Waals surface area contributed by atoms with E-state index in [4.69, 9.17) is 5.11 Å². The Morgan fingerprint density at radius 2 is 1.87 bits per heavy atom. The second-order valence-corrected chi connectivity index (χ2v) is 5.37. The lowest BCUT2D eigenvalue weighted by atomic mass is 10.0. The zero-order valence-corrected chi connectivity index (χ0v) is 16.3. The van der Waals surface area contributed by atoms with E-state index >= 15 is 0 Å². The molecular weight excluding hydrogens is 408 g/mol. The van der Waals surface area contributed by atoms with Crippen molar-refractivity contribution in [3.8, 4) is 0 Å². The molecule has 4 nitrogen and oxygen atoms in total. The van der Waals surface area contributed by atoms with E-state index in [0.717, 1.165) is 43.9 Å². The molecule has 0 bridgehead atoms. The second-order valence-electron chi connectivity index (χ2n) is 5.37. The lowest BCUT2D eigenvalue weighted by molar-refractivity contribution is 0.251. The average molecular weight is 437 g/mol. The van der Waals surface area contributed by atoms with Crippen LogP contribution in [0.25, 0.3) is 0 Å². The molecule has 132 valence electrons. The van der Waals surface area contributed by atoms with Crippen LogP contribution in [0.2, 0.25) is 0 Å². The molecule has 1 atom stereocenters. The highest BCUT2D eigenvalue weighted by Gasteiger charge is 2.08. The minimum absolute atomic E-state index is 0. The van der Waals surface area contributed by atoms with E-state index in [0.29, 0.717) is 12.5 Å². The van der Waals surface area contributed by atoms with E-state index in [1.807, 2.05) is 6.92 Å². The van der Waals surface area contributed by atoms with Gasteiger partial charge < -0.3 is 15.7 Å². The molecule has 0 spiro atoms. The van der Waals surface area contributed by atoms with Crippen molar-refractivity contribution in [2.45, 2.75) is 39.7 Å². The number of aliphatic hydroxyl groups is 1. The van der Waals surface area contributed by atoms with Gasteiger partial charge in [0.1, 0.15) is 5.82 Å². The van der Waals surface area contributed by atoms with Gasteiger partial charge in [-0.2, -0.15) is 0 Å². The third kappa shape index (κ3) is 9.76. The summed E-state index contributed by atoms with van der Waals surface area (Å²) in [6.45, 7) is 6.48. The lowest BCUT2D eigenvalue weighted by Gasteiger charge is -2.18. The smallest absolute Gasteiger partial charge is 0.191 e. The predicted molar refractivity (Wildman–Crippen MR) is 105 cm³/mol. The zero-order valence-electron chi connectivity index (χ0n) is 14.0. The third-order valence-corrected chi connectivity index (χ3v) is 3.47. The number of hydrogen-bond acceptors (Lipinski definition) is 2. The Morgan fingerprint density at radius 3 is 2.43 bits per heavy atom. The Kier molecular flexibility index (Phi) is 13.0. The van der Waals surface area contributed by atoms with E-state index in [-0.39, 0.29) is 36.4 Å². The van der Waals surface area contributed by atoms with Gasteiger partial charge in [-0.15, -0.1) is 24.0 Å². The van der Waals surface area contributed by atoms with Crippen molar-refractivity contribution in [3.05, 3.63) is 35.6 Å². The number of halogens is 2. The molecule has 1 unspecified atom stereocenters. The van der Waals surface area contributed by atoms with Crippen LogP contribution in [-0.4, -0.2) is 30.8 Å². The summed E-state index contributed by atoms with van der Waals surface area (Å²) in [6.07, 6.45) is 3.00. The molecule has 0 saturated heterocycles. The molecule has 0 fully saturated rings. The van der Waals surface area contributed by atoms with Crippen molar-refractivity contribution in [2.24, 2.45) is 10.9 Å². The maximum absolute atomic E-state index is 12.9. The molecule has 0 aliphatic rings. The monoisotopic (exact) mass is 437 g/mol. The molecule has 0 aromatic heterocycles. The summed E-state index contributed by atoms with van der Waals surface area (Å²) in [5.74, 6) is 0.972. The third-order valence-electron chi connectivity index (χ3n) is 3.47. The zero-order chi connectivity index (χ0) is 16.2. The minimum Gasteiger partial charge on any atom is -0.396 e. The van der Waals surface area contributed by atoms with E-state index < -0.39 is 0 Å². The number of aliphatic imine (C=N–C) groups is 1. The van der Waals surface area contributed by atoms with Gasteiger partial charge in [0.15, 0.2) is 5.96 Å². The topological polar surface area (TPSA) is 56.6 Å². The maximum Gasteiger partial charge on any atom is 0.191 e. The minimum atomic E-state index is -0.232. The highest BCUT2D eigenvalue weighted by atomic mass is 127. The summed E-state index contributed by atoms with van der Waals surface area (Å²) >= 11 is 0. The second kappa shape index (κ2) is 13.5. The van der Waals surface area contributed by atoms with Gasteiger partial charge in [-0.3, -0.25) is 0 Å². The van der Waals surface area contributed by atoms with Gasteiger partial charge in [-0.1, -0.05) is 25.5 Å². The Balaban J connectivity index is 0.00000484. The van der Waals surface area contributed by atoms with Gasteiger partial charge in [0.2, 0.25) is 0 Å². The van der Waals surface area contributed by atoms with Crippen molar-refractivity contribution in [2.75, 3.05) is 19.7 Å². The van der Waals surface area contributed by atoms with Crippen molar-refractivity contribution in [1.29, 1.82) is 0 Å². The molecule has 0 amide bonds. The fourth-order valence-corrected chi connectivity index (χ4v) is 2.28. The van der Waals surface area contributed by atoms with Crippen LogP contribution in [0.3, 0.4) is 0 Å². The van der Waals surface area contributed by atoms with Crippen molar-refractivity contribution in [3.63, 3.8) is 0 Å². The summed E-state index contributed by atoms with van der Waals surface area (Å²) in [5.41, 5.74) is 0.971. The van der Waals surface area contributed by atoms with E-state index in [1.54, 1.807) is 12.1 Å². The van der Waals surface area contributed by atoms with Crippen LogP contribution in [0.15, 0.2) is 29.3 Å². The van der Waals surface area contributed by atoms with Crippen molar-refractivity contribution >= 4 is 29.9 Å². The lowest BCUT2D eigenvalue weighted by Crippen LogP contribution is -2.40. The largest absolute Gasteiger partial charge is 0.396 e. The molecule has 0 saturated carbocycles. The first kappa shape index (κ1) is 22.1. The Labute approximate surface area is 156 Å². The number of benzene rings is 1. The van der Waals surface area contributed by atoms with Crippen LogP contribution in [0.4, 0.5) is 4.39 Å². The summed E-state index contributed by atoms with van der Waals surface area (Å²) in [6, 6.07) is 6.38. The molecule has 0 radical (unpaired) electrons. The van der Waals surface area contributed by atoms with Crippen LogP contribution in [0.1, 0.15) is 38.7 Å². The van der Waals surface area contributed by atoms with E-state index in [1.165, 1.54) is 12.1 Å². The molecule has 1 rings (SSSR count). The molecule has 23 heavy (non-hydrogen) atoms. The Bertz CT molecular complexity index is 434. The molecule has 1 aromatic carbocycles. The fraction of sp³-hybridized carbons (Fsp3) is 0.588. The van der Waals surface area contributed by atoms with Crippen LogP contribution in [-0.2, 0) is 6.54 Å². The van der Waals surface area contributed by atoms with Gasteiger partial charge in [-0.05, 0) is 43.4 Å². The predicted octanol–water partition coefficient (Wildman–Crippen LogP) is 3.30. The summed E-state index contributed by atoms with van der Waals surface area (Å²) in [5, 5.41) is 15.6. The molecule has 1 aromatic rings. The number of nitrogens with one attached hydrogen (secondary N) is 2. The van der Waals surface area contributed by atoms with Gasteiger partial charge >= 0.3 is 0 Å².